The lowest BCUT2D eigenvalue weighted by molar-refractivity contribution is -0.129. The lowest BCUT2D eigenvalue weighted by Gasteiger charge is -2.41. The highest BCUT2D eigenvalue weighted by Gasteiger charge is 2.44. The van der Waals surface area contributed by atoms with E-state index in [1.807, 2.05) is 66.7 Å². The SMILES string of the molecule is Cc1ccc(OC(C)C(=O)NC(C)(C)C(C)(C)c2nnc3c(Cl)c(C)[nH]n23)c(C)c1. The number of halogens is 1. The van der Waals surface area contributed by atoms with Gasteiger partial charge in [0.15, 0.2) is 17.6 Å². The third-order valence-corrected chi connectivity index (χ3v) is 6.48. The largest absolute Gasteiger partial charge is 0.481 e. The van der Waals surface area contributed by atoms with Crippen molar-refractivity contribution in [1.82, 2.24) is 25.1 Å². The summed E-state index contributed by atoms with van der Waals surface area (Å²) in [4.78, 5) is 13.0. The summed E-state index contributed by atoms with van der Waals surface area (Å²) in [5.74, 6) is 1.19. The van der Waals surface area contributed by atoms with Gasteiger partial charge in [0.05, 0.1) is 5.69 Å². The number of hydrogen-bond donors (Lipinski definition) is 2. The second-order valence-electron chi connectivity index (χ2n) is 9.00. The summed E-state index contributed by atoms with van der Waals surface area (Å²) in [6, 6.07) is 5.90. The van der Waals surface area contributed by atoms with Crippen LogP contribution in [0.25, 0.3) is 5.65 Å². The van der Waals surface area contributed by atoms with Gasteiger partial charge in [-0.2, -0.15) is 0 Å². The summed E-state index contributed by atoms with van der Waals surface area (Å²) in [5, 5.41) is 15.4. The van der Waals surface area contributed by atoms with Gasteiger partial charge in [-0.1, -0.05) is 43.1 Å². The first-order valence-corrected chi connectivity index (χ1v) is 10.4. The molecule has 2 N–H and O–H groups in total. The molecule has 0 aliphatic carbocycles. The van der Waals surface area contributed by atoms with Crippen LogP contribution >= 0.6 is 11.6 Å². The van der Waals surface area contributed by atoms with Crippen LogP contribution < -0.4 is 10.1 Å². The zero-order valence-corrected chi connectivity index (χ0v) is 19.6. The van der Waals surface area contributed by atoms with E-state index in [-0.39, 0.29) is 5.91 Å². The average Bonchev–Trinajstić information content (AvgIpc) is 3.17. The first-order chi connectivity index (χ1) is 13.8. The molecule has 0 aliphatic heterocycles. The van der Waals surface area contributed by atoms with Crippen LogP contribution in [0.5, 0.6) is 5.75 Å². The van der Waals surface area contributed by atoms with Crippen molar-refractivity contribution in [3.05, 3.63) is 45.9 Å². The van der Waals surface area contributed by atoms with E-state index in [0.717, 1.165) is 16.8 Å². The first kappa shape index (κ1) is 22.2. The molecular weight excluding hydrogens is 402 g/mol. The predicted octanol–water partition coefficient (Wildman–Crippen LogP) is 4.28. The maximum atomic E-state index is 13.0. The fraction of sp³-hybridized carbons (Fsp3) is 0.500. The Morgan fingerprint density at radius 3 is 2.50 bits per heavy atom. The van der Waals surface area contributed by atoms with Crippen molar-refractivity contribution in [2.75, 3.05) is 0 Å². The fourth-order valence-electron chi connectivity index (χ4n) is 3.34. The van der Waals surface area contributed by atoms with Crippen LogP contribution in [0.15, 0.2) is 18.2 Å². The van der Waals surface area contributed by atoms with Gasteiger partial charge < -0.3 is 10.1 Å². The number of H-pyrrole nitrogens is 1. The van der Waals surface area contributed by atoms with Crippen molar-refractivity contribution in [2.45, 2.75) is 72.4 Å². The fourth-order valence-corrected chi connectivity index (χ4v) is 3.51. The molecule has 1 aromatic carbocycles. The zero-order chi connectivity index (χ0) is 22.4. The van der Waals surface area contributed by atoms with Crippen LogP contribution in [0.4, 0.5) is 0 Å². The molecule has 0 radical (unpaired) electrons. The lowest BCUT2D eigenvalue weighted by atomic mass is 9.73. The molecule has 0 fully saturated rings. The number of carbonyl (C=O) groups is 1. The van der Waals surface area contributed by atoms with Gasteiger partial charge in [-0.15, -0.1) is 10.2 Å². The lowest BCUT2D eigenvalue weighted by Crippen LogP contribution is -2.58. The van der Waals surface area contributed by atoms with Crippen LogP contribution in [0.3, 0.4) is 0 Å². The van der Waals surface area contributed by atoms with Crippen molar-refractivity contribution in [2.24, 2.45) is 0 Å². The van der Waals surface area contributed by atoms with E-state index in [1.54, 1.807) is 11.4 Å². The minimum atomic E-state index is -0.654. The second-order valence-corrected chi connectivity index (χ2v) is 9.38. The molecule has 7 nitrogen and oxygen atoms in total. The molecule has 8 heteroatoms. The maximum Gasteiger partial charge on any atom is 0.261 e. The number of nitrogens with zero attached hydrogens (tertiary/aromatic N) is 3. The number of aromatic amines is 1. The van der Waals surface area contributed by atoms with Crippen molar-refractivity contribution < 1.29 is 9.53 Å². The minimum Gasteiger partial charge on any atom is -0.481 e. The predicted molar refractivity (Wildman–Crippen MR) is 118 cm³/mol. The standard InChI is InChI=1S/C22H30ClN5O2/c1-12-9-10-16(13(2)11-12)30-15(4)19(29)24-22(7,8)21(5,6)20-26-25-18-17(23)14(3)27-28(18)20/h9-11,15,27H,1-8H3,(H,24,29). The number of hydrogen-bond acceptors (Lipinski definition) is 4. The normalized spacial score (nSPS) is 13.5. The summed E-state index contributed by atoms with van der Waals surface area (Å²) in [7, 11) is 0. The summed E-state index contributed by atoms with van der Waals surface area (Å²) >= 11 is 6.30. The molecule has 3 rings (SSSR count). The number of nitrogens with one attached hydrogen (secondary N) is 2. The number of benzene rings is 1. The Morgan fingerprint density at radius 1 is 1.20 bits per heavy atom. The van der Waals surface area contributed by atoms with Gasteiger partial charge in [0, 0.05) is 11.0 Å². The quantitative estimate of drug-likeness (QED) is 0.610. The van der Waals surface area contributed by atoms with Crippen molar-refractivity contribution in [3.8, 4) is 5.75 Å². The average molecular weight is 432 g/mol. The molecule has 1 unspecified atom stereocenters. The number of fused-ring (bicyclic) bond motifs is 1. The van der Waals surface area contributed by atoms with Gasteiger partial charge >= 0.3 is 0 Å². The van der Waals surface area contributed by atoms with E-state index in [9.17, 15) is 4.79 Å². The number of ether oxygens (including phenoxy) is 1. The van der Waals surface area contributed by atoms with Gasteiger partial charge in [-0.25, -0.2) is 4.52 Å². The molecule has 0 aliphatic rings. The molecule has 0 saturated heterocycles. The van der Waals surface area contributed by atoms with E-state index in [0.29, 0.717) is 22.2 Å². The number of aromatic nitrogens is 4. The Balaban J connectivity index is 1.81. The summed E-state index contributed by atoms with van der Waals surface area (Å²) < 4.78 is 7.71. The second kappa shape index (κ2) is 7.61. The van der Waals surface area contributed by atoms with Crippen molar-refractivity contribution in [1.29, 1.82) is 0 Å². The Hall–Kier alpha value is -2.54. The first-order valence-electron chi connectivity index (χ1n) is 10.0. The van der Waals surface area contributed by atoms with Gasteiger partial charge in [0.2, 0.25) is 0 Å². The summed E-state index contributed by atoms with van der Waals surface area (Å²) in [6.07, 6.45) is -0.651. The topological polar surface area (TPSA) is 84.3 Å². The minimum absolute atomic E-state index is 0.200. The molecule has 162 valence electrons. The van der Waals surface area contributed by atoms with E-state index in [4.69, 9.17) is 16.3 Å². The molecular formula is C22H30ClN5O2. The van der Waals surface area contributed by atoms with Gasteiger partial charge in [-0.05, 0) is 53.2 Å². The van der Waals surface area contributed by atoms with Crippen LogP contribution in [0.2, 0.25) is 5.02 Å². The maximum absolute atomic E-state index is 13.0. The highest BCUT2D eigenvalue weighted by molar-refractivity contribution is 6.34. The Bertz CT molecular complexity index is 1100. The molecule has 2 heterocycles. The highest BCUT2D eigenvalue weighted by atomic mass is 35.5. The van der Waals surface area contributed by atoms with Gasteiger partial charge in [0.1, 0.15) is 10.8 Å². The molecule has 3 aromatic rings. The molecule has 0 bridgehead atoms. The third kappa shape index (κ3) is 3.78. The monoisotopic (exact) mass is 431 g/mol. The molecule has 1 atom stereocenters. The smallest absolute Gasteiger partial charge is 0.261 e. The zero-order valence-electron chi connectivity index (χ0n) is 18.8. The number of rotatable bonds is 6. The third-order valence-electron chi connectivity index (χ3n) is 6.03. The Kier molecular flexibility index (Phi) is 5.62. The summed E-state index contributed by atoms with van der Waals surface area (Å²) in [5.41, 5.74) is 2.32. The van der Waals surface area contributed by atoms with Crippen LogP contribution in [0, 0.1) is 20.8 Å². The number of carbonyl (C=O) groups excluding carboxylic acids is 1. The summed E-state index contributed by atoms with van der Waals surface area (Å²) in [6.45, 7) is 15.6. The molecule has 1 amide bonds. The van der Waals surface area contributed by atoms with E-state index in [2.05, 4.69) is 20.6 Å². The van der Waals surface area contributed by atoms with Crippen LogP contribution in [-0.2, 0) is 10.2 Å². The highest BCUT2D eigenvalue weighted by Crippen LogP contribution is 2.35. The van der Waals surface area contributed by atoms with Gasteiger partial charge in [0.25, 0.3) is 5.91 Å². The Morgan fingerprint density at radius 2 is 1.87 bits per heavy atom. The van der Waals surface area contributed by atoms with E-state index in [1.165, 1.54) is 0 Å². The van der Waals surface area contributed by atoms with Crippen LogP contribution in [0.1, 0.15) is 57.3 Å². The van der Waals surface area contributed by atoms with Crippen molar-refractivity contribution in [3.63, 3.8) is 0 Å². The van der Waals surface area contributed by atoms with Crippen LogP contribution in [-0.4, -0.2) is 37.4 Å². The van der Waals surface area contributed by atoms with E-state index < -0.39 is 17.1 Å². The van der Waals surface area contributed by atoms with Gasteiger partial charge in [-0.3, -0.25) is 9.89 Å². The Labute approximate surface area is 182 Å². The molecule has 30 heavy (non-hydrogen) atoms. The van der Waals surface area contributed by atoms with Crippen molar-refractivity contribution >= 4 is 23.2 Å². The molecule has 0 spiro atoms. The number of aryl methyl sites for hydroxylation is 3. The number of amides is 1. The molecule has 0 saturated carbocycles. The van der Waals surface area contributed by atoms with E-state index >= 15 is 0 Å². The molecule has 2 aromatic heterocycles.